The zero-order valence-corrected chi connectivity index (χ0v) is 19.8. The standard InChI is InChI=1S/C28H24N8/c1-19-5-4-8-24(33-19)28-27(22-9-10-26-31-18-32-36(26)17-22)34-25(35-28)16-30-15-21-6-2-3-7-23(21)20-11-13-29-14-12-20/h2-14,17-18,30H,15-16H2,1H3,(H,34,35). The van der Waals surface area contributed by atoms with Crippen LogP contribution in [0.2, 0.25) is 0 Å². The SMILES string of the molecule is Cc1cccc(-c2nc(CNCc3ccccc3-c3ccncc3)[nH]c2-c2ccc3ncnn3c2)n1. The van der Waals surface area contributed by atoms with Crippen molar-refractivity contribution in [1.29, 1.82) is 0 Å². The summed E-state index contributed by atoms with van der Waals surface area (Å²) < 4.78 is 1.76. The molecule has 6 aromatic rings. The molecule has 0 saturated carbocycles. The molecule has 2 N–H and O–H groups in total. The van der Waals surface area contributed by atoms with Gasteiger partial charge in [-0.2, -0.15) is 5.10 Å². The van der Waals surface area contributed by atoms with Crippen molar-refractivity contribution in [2.45, 2.75) is 20.0 Å². The third-order valence-corrected chi connectivity index (χ3v) is 6.06. The van der Waals surface area contributed by atoms with Gasteiger partial charge in [-0.1, -0.05) is 30.3 Å². The lowest BCUT2D eigenvalue weighted by molar-refractivity contribution is 0.670. The fraction of sp³-hybridized carbons (Fsp3) is 0.107. The van der Waals surface area contributed by atoms with Crippen molar-refractivity contribution in [2.24, 2.45) is 0 Å². The Balaban J connectivity index is 1.29. The van der Waals surface area contributed by atoms with Gasteiger partial charge < -0.3 is 10.3 Å². The van der Waals surface area contributed by atoms with Gasteiger partial charge in [0.1, 0.15) is 17.8 Å². The molecule has 5 aromatic heterocycles. The van der Waals surface area contributed by atoms with Crippen LogP contribution in [0.25, 0.3) is 39.4 Å². The number of rotatable bonds is 7. The van der Waals surface area contributed by atoms with E-state index in [1.54, 1.807) is 10.8 Å². The van der Waals surface area contributed by atoms with Crippen molar-refractivity contribution >= 4 is 5.65 Å². The van der Waals surface area contributed by atoms with Crippen LogP contribution in [0.1, 0.15) is 17.1 Å². The van der Waals surface area contributed by atoms with E-state index >= 15 is 0 Å². The van der Waals surface area contributed by atoms with Crippen molar-refractivity contribution in [3.05, 3.63) is 109 Å². The molecular formula is C28H24N8. The van der Waals surface area contributed by atoms with Gasteiger partial charge in [0.15, 0.2) is 5.65 Å². The molecule has 1 aromatic carbocycles. The van der Waals surface area contributed by atoms with E-state index in [1.807, 2.05) is 68.0 Å². The lowest BCUT2D eigenvalue weighted by Gasteiger charge is -2.10. The third kappa shape index (κ3) is 4.37. The number of pyridine rings is 3. The fourth-order valence-corrected chi connectivity index (χ4v) is 4.34. The quantitative estimate of drug-likeness (QED) is 0.345. The zero-order chi connectivity index (χ0) is 24.3. The molecule has 0 fully saturated rings. The van der Waals surface area contributed by atoms with Crippen LogP contribution >= 0.6 is 0 Å². The first-order chi connectivity index (χ1) is 17.7. The first-order valence-corrected chi connectivity index (χ1v) is 11.8. The van der Waals surface area contributed by atoms with Gasteiger partial charge in [0, 0.05) is 36.4 Å². The normalized spacial score (nSPS) is 11.2. The second-order valence-electron chi connectivity index (χ2n) is 8.55. The molecule has 0 atom stereocenters. The van der Waals surface area contributed by atoms with Crippen LogP contribution in [-0.4, -0.2) is 34.5 Å². The molecule has 8 heteroatoms. The van der Waals surface area contributed by atoms with Gasteiger partial charge in [0.25, 0.3) is 0 Å². The number of imidazole rings is 1. The molecule has 0 radical (unpaired) electrons. The number of H-pyrrole nitrogens is 1. The Kier molecular flexibility index (Phi) is 5.77. The van der Waals surface area contributed by atoms with Gasteiger partial charge in [-0.3, -0.25) is 9.97 Å². The van der Waals surface area contributed by atoms with Crippen LogP contribution in [0.5, 0.6) is 0 Å². The lowest BCUT2D eigenvalue weighted by atomic mass is 10.0. The number of hydrogen-bond donors (Lipinski definition) is 2. The van der Waals surface area contributed by atoms with Gasteiger partial charge in [0.05, 0.1) is 17.9 Å². The third-order valence-electron chi connectivity index (χ3n) is 6.06. The topological polar surface area (TPSA) is 96.7 Å². The van der Waals surface area contributed by atoms with Gasteiger partial charge >= 0.3 is 0 Å². The molecular weight excluding hydrogens is 448 g/mol. The highest BCUT2D eigenvalue weighted by atomic mass is 15.3. The molecule has 0 aliphatic carbocycles. The number of aromatic amines is 1. The summed E-state index contributed by atoms with van der Waals surface area (Å²) in [6.45, 7) is 3.27. The fourth-order valence-electron chi connectivity index (χ4n) is 4.34. The average molecular weight is 473 g/mol. The van der Waals surface area contributed by atoms with E-state index in [0.29, 0.717) is 13.1 Å². The highest BCUT2D eigenvalue weighted by Gasteiger charge is 2.16. The molecule has 0 spiro atoms. The molecule has 0 unspecified atom stereocenters. The molecule has 0 aliphatic heterocycles. The van der Waals surface area contributed by atoms with Crippen LogP contribution < -0.4 is 5.32 Å². The van der Waals surface area contributed by atoms with E-state index in [9.17, 15) is 0 Å². The van der Waals surface area contributed by atoms with Crippen LogP contribution in [0, 0.1) is 6.92 Å². The Hall–Kier alpha value is -4.69. The predicted octanol–water partition coefficient (Wildman–Crippen LogP) is 4.84. The molecule has 176 valence electrons. The van der Waals surface area contributed by atoms with Gasteiger partial charge in [-0.15, -0.1) is 0 Å². The van der Waals surface area contributed by atoms with Crippen molar-refractivity contribution in [3.63, 3.8) is 0 Å². The van der Waals surface area contributed by atoms with Crippen LogP contribution in [0.3, 0.4) is 0 Å². The molecule has 8 nitrogen and oxygen atoms in total. The maximum absolute atomic E-state index is 4.94. The molecule has 0 aliphatic rings. The maximum atomic E-state index is 4.94. The minimum Gasteiger partial charge on any atom is -0.340 e. The largest absolute Gasteiger partial charge is 0.340 e. The summed E-state index contributed by atoms with van der Waals surface area (Å²) in [5.41, 5.74) is 8.81. The summed E-state index contributed by atoms with van der Waals surface area (Å²) >= 11 is 0. The molecule has 0 amide bonds. The summed E-state index contributed by atoms with van der Waals surface area (Å²) in [5, 5.41) is 7.84. The zero-order valence-electron chi connectivity index (χ0n) is 19.8. The van der Waals surface area contributed by atoms with E-state index in [4.69, 9.17) is 9.97 Å². The van der Waals surface area contributed by atoms with Gasteiger partial charge in [0.2, 0.25) is 0 Å². The summed E-state index contributed by atoms with van der Waals surface area (Å²) in [6.07, 6.45) is 7.15. The maximum Gasteiger partial charge on any atom is 0.155 e. The summed E-state index contributed by atoms with van der Waals surface area (Å²) in [7, 11) is 0. The van der Waals surface area contributed by atoms with Gasteiger partial charge in [-0.25, -0.2) is 14.5 Å². The molecule has 0 saturated heterocycles. The number of hydrogen-bond acceptors (Lipinski definition) is 6. The number of fused-ring (bicyclic) bond motifs is 1. The summed E-state index contributed by atoms with van der Waals surface area (Å²) in [4.78, 5) is 21.6. The Morgan fingerprint density at radius 1 is 0.861 bits per heavy atom. The van der Waals surface area contributed by atoms with Crippen molar-refractivity contribution in [3.8, 4) is 33.8 Å². The Morgan fingerprint density at radius 2 is 1.75 bits per heavy atom. The number of aryl methyl sites for hydroxylation is 1. The summed E-state index contributed by atoms with van der Waals surface area (Å²) in [6, 6.07) is 22.4. The average Bonchev–Trinajstić information content (AvgIpc) is 3.56. The first-order valence-electron chi connectivity index (χ1n) is 11.8. The van der Waals surface area contributed by atoms with E-state index in [1.165, 1.54) is 11.1 Å². The minimum absolute atomic E-state index is 0.578. The van der Waals surface area contributed by atoms with Crippen LogP contribution in [0.4, 0.5) is 0 Å². The van der Waals surface area contributed by atoms with E-state index in [2.05, 4.69) is 49.6 Å². The Labute approximate surface area is 208 Å². The van der Waals surface area contributed by atoms with E-state index in [-0.39, 0.29) is 0 Å². The minimum atomic E-state index is 0.578. The number of nitrogens with one attached hydrogen (secondary N) is 2. The first kappa shape index (κ1) is 21.8. The van der Waals surface area contributed by atoms with E-state index < -0.39 is 0 Å². The molecule has 36 heavy (non-hydrogen) atoms. The Morgan fingerprint density at radius 3 is 2.64 bits per heavy atom. The number of benzene rings is 1. The molecule has 0 bridgehead atoms. The summed E-state index contributed by atoms with van der Waals surface area (Å²) in [5.74, 6) is 0.836. The molecule has 6 rings (SSSR count). The lowest BCUT2D eigenvalue weighted by Crippen LogP contribution is -2.14. The van der Waals surface area contributed by atoms with Crippen molar-refractivity contribution in [2.75, 3.05) is 0 Å². The van der Waals surface area contributed by atoms with Crippen LogP contribution in [0.15, 0.2) is 91.6 Å². The van der Waals surface area contributed by atoms with Crippen molar-refractivity contribution in [1.82, 2.24) is 39.9 Å². The second kappa shape index (κ2) is 9.52. The van der Waals surface area contributed by atoms with Gasteiger partial charge in [-0.05, 0) is 60.0 Å². The number of nitrogens with zero attached hydrogens (tertiary/aromatic N) is 6. The predicted molar refractivity (Wildman–Crippen MR) is 139 cm³/mol. The smallest absolute Gasteiger partial charge is 0.155 e. The molecule has 5 heterocycles. The Bertz CT molecular complexity index is 1630. The van der Waals surface area contributed by atoms with Crippen LogP contribution in [-0.2, 0) is 13.1 Å². The second-order valence-corrected chi connectivity index (χ2v) is 8.55. The highest BCUT2D eigenvalue weighted by Crippen LogP contribution is 2.29. The number of aromatic nitrogens is 7. The highest BCUT2D eigenvalue weighted by molar-refractivity contribution is 5.77. The monoisotopic (exact) mass is 472 g/mol. The van der Waals surface area contributed by atoms with E-state index in [0.717, 1.165) is 45.4 Å². The van der Waals surface area contributed by atoms with Crippen molar-refractivity contribution < 1.29 is 0 Å².